The second-order valence-corrected chi connectivity index (χ2v) is 6.52. The van der Waals surface area contributed by atoms with Gasteiger partial charge in [-0.25, -0.2) is 0 Å². The summed E-state index contributed by atoms with van der Waals surface area (Å²) in [5.41, 5.74) is 4.16. The number of aromatic nitrogens is 1. The van der Waals surface area contributed by atoms with Gasteiger partial charge in [0.05, 0.1) is 12.7 Å². The van der Waals surface area contributed by atoms with Crippen LogP contribution in [-0.2, 0) is 4.74 Å². The number of nitrogens with one attached hydrogen (secondary N) is 2. The molecule has 0 aliphatic carbocycles. The Bertz CT molecular complexity index is 679. The summed E-state index contributed by atoms with van der Waals surface area (Å²) >= 11 is 0. The van der Waals surface area contributed by atoms with Crippen LogP contribution < -0.4 is 10.2 Å². The molecule has 0 spiro atoms. The number of H-pyrrole nitrogens is 1. The fraction of sp³-hybridized carbons (Fsp3) is 0.529. The molecular weight excluding hydrogens is 262 g/mol. The second-order valence-electron chi connectivity index (χ2n) is 6.52. The minimum absolute atomic E-state index is 0.204. The van der Waals surface area contributed by atoms with E-state index in [9.17, 15) is 0 Å². The van der Waals surface area contributed by atoms with E-state index in [0.29, 0.717) is 0 Å². The van der Waals surface area contributed by atoms with Gasteiger partial charge in [-0.3, -0.25) is 0 Å². The standard InChI is InChI=1S/C17H21N3O/c1-2-14-13(9-12(1)15-10-18-5-8-21-15)16-11-3-6-20(7-4-11)17(16)19-14/h1-2,9,11,15,18-19H,3-8,10H2. The Kier molecular flexibility index (Phi) is 2.58. The normalized spacial score (nSPS) is 25.5. The van der Waals surface area contributed by atoms with Crippen molar-refractivity contribution < 1.29 is 4.74 Å². The van der Waals surface area contributed by atoms with Crippen molar-refractivity contribution in [2.45, 2.75) is 24.9 Å². The van der Waals surface area contributed by atoms with E-state index in [4.69, 9.17) is 4.74 Å². The zero-order valence-corrected chi connectivity index (χ0v) is 12.2. The van der Waals surface area contributed by atoms with E-state index in [0.717, 1.165) is 25.6 Å². The smallest absolute Gasteiger partial charge is 0.110 e. The third-order valence-electron chi connectivity index (χ3n) is 5.36. The van der Waals surface area contributed by atoms with Gasteiger partial charge in [-0.2, -0.15) is 0 Å². The molecule has 1 atom stereocenters. The molecule has 5 heterocycles. The van der Waals surface area contributed by atoms with Gasteiger partial charge in [-0.1, -0.05) is 6.07 Å². The van der Waals surface area contributed by atoms with Crippen LogP contribution in [0.2, 0.25) is 0 Å². The average Bonchev–Trinajstić information content (AvgIpc) is 2.97. The molecule has 4 aliphatic rings. The number of hydrogen-bond donors (Lipinski definition) is 2. The van der Waals surface area contributed by atoms with Gasteiger partial charge in [0.2, 0.25) is 0 Å². The Morgan fingerprint density at radius 1 is 1.19 bits per heavy atom. The van der Waals surface area contributed by atoms with Crippen LogP contribution in [-0.4, -0.2) is 37.8 Å². The molecular formula is C17H21N3O. The van der Waals surface area contributed by atoms with Crippen molar-refractivity contribution in [2.75, 3.05) is 37.7 Å². The Labute approximate surface area is 124 Å². The first kappa shape index (κ1) is 12.1. The molecule has 21 heavy (non-hydrogen) atoms. The van der Waals surface area contributed by atoms with Crippen molar-refractivity contribution in [3.8, 4) is 0 Å². The number of hydrogen-bond acceptors (Lipinski definition) is 3. The maximum absolute atomic E-state index is 5.91. The highest BCUT2D eigenvalue weighted by Gasteiger charge is 2.34. The first-order valence-corrected chi connectivity index (χ1v) is 8.13. The van der Waals surface area contributed by atoms with Gasteiger partial charge >= 0.3 is 0 Å². The fourth-order valence-corrected chi connectivity index (χ4v) is 4.25. The molecule has 0 amide bonds. The summed E-state index contributed by atoms with van der Waals surface area (Å²) < 4.78 is 5.91. The topological polar surface area (TPSA) is 40.3 Å². The summed E-state index contributed by atoms with van der Waals surface area (Å²) in [7, 11) is 0. The Balaban J connectivity index is 1.63. The van der Waals surface area contributed by atoms with Crippen molar-refractivity contribution in [3.63, 3.8) is 0 Å². The number of morpholine rings is 1. The molecule has 2 fully saturated rings. The van der Waals surface area contributed by atoms with Gasteiger partial charge in [0.25, 0.3) is 0 Å². The molecule has 6 rings (SSSR count). The van der Waals surface area contributed by atoms with E-state index >= 15 is 0 Å². The SMILES string of the molecule is c1cc2[nH]c3c(c2cc1C1CNCCO1)C1CCN3CC1. The highest BCUT2D eigenvalue weighted by atomic mass is 16.5. The van der Waals surface area contributed by atoms with Crippen molar-refractivity contribution in [1.82, 2.24) is 10.3 Å². The van der Waals surface area contributed by atoms with Crippen LogP contribution in [0.5, 0.6) is 0 Å². The predicted octanol–water partition coefficient (Wildman–Crippen LogP) is 2.53. The van der Waals surface area contributed by atoms with Crippen LogP contribution >= 0.6 is 0 Å². The zero-order valence-electron chi connectivity index (χ0n) is 12.2. The third kappa shape index (κ3) is 1.75. The van der Waals surface area contributed by atoms with Gasteiger partial charge in [-0.15, -0.1) is 0 Å². The maximum atomic E-state index is 5.91. The van der Waals surface area contributed by atoms with Gasteiger partial charge in [0.15, 0.2) is 0 Å². The fourth-order valence-electron chi connectivity index (χ4n) is 4.25. The van der Waals surface area contributed by atoms with Gasteiger partial charge < -0.3 is 19.9 Å². The third-order valence-corrected chi connectivity index (χ3v) is 5.36. The highest BCUT2D eigenvalue weighted by molar-refractivity contribution is 5.91. The van der Waals surface area contributed by atoms with E-state index < -0.39 is 0 Å². The number of fused-ring (bicyclic) bond motifs is 3. The number of rotatable bonds is 1. The van der Waals surface area contributed by atoms with Crippen molar-refractivity contribution >= 4 is 16.7 Å². The predicted molar refractivity (Wildman–Crippen MR) is 84.0 cm³/mol. The minimum Gasteiger partial charge on any atom is -0.371 e. The molecule has 1 aromatic carbocycles. The summed E-state index contributed by atoms with van der Waals surface area (Å²) in [6.45, 7) is 5.13. The van der Waals surface area contributed by atoms with Crippen molar-refractivity contribution in [1.29, 1.82) is 0 Å². The molecule has 1 unspecified atom stereocenters. The van der Waals surface area contributed by atoms with Crippen molar-refractivity contribution in [3.05, 3.63) is 29.3 Å². The molecule has 1 aromatic heterocycles. The number of aromatic amines is 1. The lowest BCUT2D eigenvalue weighted by atomic mass is 9.84. The zero-order chi connectivity index (χ0) is 13.8. The van der Waals surface area contributed by atoms with Crippen molar-refractivity contribution in [2.24, 2.45) is 0 Å². The van der Waals surface area contributed by atoms with Crippen LogP contribution in [0.4, 0.5) is 5.82 Å². The van der Waals surface area contributed by atoms with Gasteiger partial charge in [-0.05, 0) is 36.5 Å². The first-order chi connectivity index (χ1) is 10.4. The van der Waals surface area contributed by atoms with E-state index in [1.54, 1.807) is 5.56 Å². The van der Waals surface area contributed by atoms with E-state index in [1.165, 1.54) is 48.2 Å². The summed E-state index contributed by atoms with van der Waals surface area (Å²) in [5.74, 6) is 2.13. The minimum atomic E-state index is 0.204. The van der Waals surface area contributed by atoms with Crippen LogP contribution in [0.25, 0.3) is 10.9 Å². The first-order valence-electron chi connectivity index (χ1n) is 8.13. The van der Waals surface area contributed by atoms with E-state index in [-0.39, 0.29) is 6.10 Å². The molecule has 2 aromatic rings. The number of ether oxygens (including phenoxy) is 1. The summed E-state index contributed by atoms with van der Waals surface area (Å²) in [6.07, 6.45) is 2.83. The number of nitrogens with zero attached hydrogens (tertiary/aromatic N) is 1. The van der Waals surface area contributed by atoms with Gasteiger partial charge in [0.1, 0.15) is 5.82 Å². The second kappa shape index (κ2) is 4.49. The van der Waals surface area contributed by atoms with Crippen LogP contribution in [0.3, 0.4) is 0 Å². The quantitative estimate of drug-likeness (QED) is 0.845. The lowest BCUT2D eigenvalue weighted by molar-refractivity contribution is 0.0278. The molecule has 2 saturated heterocycles. The average molecular weight is 283 g/mol. The maximum Gasteiger partial charge on any atom is 0.110 e. The Morgan fingerprint density at radius 2 is 2.10 bits per heavy atom. The molecule has 4 nitrogen and oxygen atoms in total. The lowest BCUT2D eigenvalue weighted by Crippen LogP contribution is -2.38. The molecule has 4 heteroatoms. The lowest BCUT2D eigenvalue weighted by Gasteiger charge is -2.40. The largest absolute Gasteiger partial charge is 0.371 e. The van der Waals surface area contributed by atoms with E-state index in [1.807, 2.05) is 0 Å². The van der Waals surface area contributed by atoms with Crippen LogP contribution in [0.15, 0.2) is 18.2 Å². The Hall–Kier alpha value is -1.52. The van der Waals surface area contributed by atoms with Crippen LogP contribution in [0.1, 0.15) is 36.0 Å². The Morgan fingerprint density at radius 3 is 2.90 bits per heavy atom. The summed E-state index contributed by atoms with van der Waals surface area (Å²) in [5, 5.41) is 4.85. The molecule has 0 radical (unpaired) electrons. The monoisotopic (exact) mass is 283 g/mol. The van der Waals surface area contributed by atoms with Crippen LogP contribution in [0, 0.1) is 0 Å². The summed E-state index contributed by atoms with van der Waals surface area (Å²) in [6, 6.07) is 6.82. The number of piperidine rings is 1. The number of benzene rings is 1. The highest BCUT2D eigenvalue weighted by Crippen LogP contribution is 2.46. The van der Waals surface area contributed by atoms with E-state index in [2.05, 4.69) is 33.4 Å². The van der Waals surface area contributed by atoms with Gasteiger partial charge in [0, 0.05) is 42.6 Å². The molecule has 110 valence electrons. The summed E-state index contributed by atoms with van der Waals surface area (Å²) in [4.78, 5) is 6.17. The number of anilines is 1. The molecule has 2 bridgehead atoms. The molecule has 0 saturated carbocycles. The molecule has 2 N–H and O–H groups in total. The molecule has 4 aliphatic heterocycles.